The summed E-state index contributed by atoms with van der Waals surface area (Å²) in [5, 5.41) is 3.29. The summed E-state index contributed by atoms with van der Waals surface area (Å²) < 4.78 is 43.4. The minimum atomic E-state index is -4.30. The lowest BCUT2D eigenvalue weighted by Crippen LogP contribution is -2.33. The summed E-state index contributed by atoms with van der Waals surface area (Å²) in [7, 11) is 0. The molecule has 1 aromatic rings. The Morgan fingerprint density at radius 1 is 1.10 bits per heavy atom. The van der Waals surface area contributed by atoms with Crippen LogP contribution in [0.15, 0.2) is 24.3 Å². The van der Waals surface area contributed by atoms with Crippen LogP contribution in [0.4, 0.5) is 13.2 Å². The van der Waals surface area contributed by atoms with Crippen LogP contribution in [0.2, 0.25) is 0 Å². The van der Waals surface area contributed by atoms with E-state index >= 15 is 0 Å². The van der Waals surface area contributed by atoms with Crippen LogP contribution in [0.25, 0.3) is 0 Å². The van der Waals surface area contributed by atoms with Gasteiger partial charge in [0.25, 0.3) is 0 Å². The third-order valence-electron chi connectivity index (χ3n) is 3.18. The first-order valence-corrected chi connectivity index (χ1v) is 6.96. The second-order valence-electron chi connectivity index (χ2n) is 4.56. The fourth-order valence-corrected chi connectivity index (χ4v) is 2.23. The second kappa shape index (κ2) is 7.64. The third-order valence-corrected chi connectivity index (χ3v) is 3.18. The molecule has 2 unspecified atom stereocenters. The summed E-state index contributed by atoms with van der Waals surface area (Å²) in [6, 6.07) is 5.21. The number of hydrogen-bond acceptors (Lipinski definition) is 2. The molecule has 0 fully saturated rings. The molecule has 1 N–H and O–H groups in total. The molecule has 0 aliphatic heterocycles. The summed E-state index contributed by atoms with van der Waals surface area (Å²) in [5.74, 6) is 0. The first-order valence-electron chi connectivity index (χ1n) is 6.96. The molecule has 20 heavy (non-hydrogen) atoms. The highest BCUT2D eigenvalue weighted by Crippen LogP contribution is 2.31. The molecule has 2 atom stereocenters. The highest BCUT2D eigenvalue weighted by molar-refractivity contribution is 5.27. The van der Waals surface area contributed by atoms with Gasteiger partial charge in [0.1, 0.15) is 0 Å². The topological polar surface area (TPSA) is 21.3 Å². The lowest BCUT2D eigenvalue weighted by Gasteiger charge is -2.27. The maximum atomic E-state index is 12.6. The maximum absolute atomic E-state index is 12.6. The third kappa shape index (κ3) is 4.49. The van der Waals surface area contributed by atoms with Crippen molar-refractivity contribution in [1.82, 2.24) is 5.32 Å². The molecule has 1 rings (SSSR count). The molecule has 0 saturated heterocycles. The van der Waals surface area contributed by atoms with Gasteiger partial charge in [-0.05, 0) is 37.6 Å². The van der Waals surface area contributed by atoms with Gasteiger partial charge in [-0.15, -0.1) is 0 Å². The van der Waals surface area contributed by atoms with Crippen LogP contribution in [0, 0.1) is 0 Å². The minimum absolute atomic E-state index is 0.0447. The number of nitrogens with one attached hydrogen (secondary N) is 1. The van der Waals surface area contributed by atoms with E-state index in [9.17, 15) is 13.2 Å². The van der Waals surface area contributed by atoms with Crippen molar-refractivity contribution in [3.8, 4) is 0 Å². The van der Waals surface area contributed by atoms with Crippen molar-refractivity contribution in [2.75, 3.05) is 13.2 Å². The van der Waals surface area contributed by atoms with Crippen LogP contribution in [0.5, 0.6) is 0 Å². The second-order valence-corrected chi connectivity index (χ2v) is 4.56. The van der Waals surface area contributed by atoms with Gasteiger partial charge in [0.2, 0.25) is 0 Å². The van der Waals surface area contributed by atoms with E-state index < -0.39 is 11.7 Å². The first-order chi connectivity index (χ1) is 9.43. The molecule has 0 spiro atoms. The zero-order valence-electron chi connectivity index (χ0n) is 12.1. The van der Waals surface area contributed by atoms with Crippen LogP contribution in [0.1, 0.15) is 44.4 Å². The number of benzene rings is 1. The molecular formula is C15H22F3NO. The van der Waals surface area contributed by atoms with Crippen LogP contribution in [-0.4, -0.2) is 19.3 Å². The van der Waals surface area contributed by atoms with E-state index in [-0.39, 0.29) is 12.1 Å². The van der Waals surface area contributed by atoms with E-state index in [0.717, 1.165) is 30.7 Å². The predicted molar refractivity (Wildman–Crippen MR) is 73.6 cm³/mol. The van der Waals surface area contributed by atoms with Gasteiger partial charge in [0, 0.05) is 6.61 Å². The fourth-order valence-electron chi connectivity index (χ4n) is 2.23. The zero-order chi connectivity index (χ0) is 15.2. The molecule has 5 heteroatoms. The van der Waals surface area contributed by atoms with Crippen molar-refractivity contribution in [1.29, 1.82) is 0 Å². The Morgan fingerprint density at radius 2 is 1.70 bits per heavy atom. The molecule has 0 saturated carbocycles. The van der Waals surface area contributed by atoms with E-state index in [4.69, 9.17) is 4.74 Å². The molecule has 114 valence electrons. The minimum Gasteiger partial charge on any atom is -0.377 e. The Balaban J connectivity index is 2.97. The summed E-state index contributed by atoms with van der Waals surface area (Å²) in [6.45, 7) is 7.21. The van der Waals surface area contributed by atoms with Crippen molar-refractivity contribution in [2.24, 2.45) is 0 Å². The van der Waals surface area contributed by atoms with Crippen molar-refractivity contribution >= 4 is 0 Å². The average molecular weight is 289 g/mol. The molecule has 0 aliphatic rings. The molecule has 0 aromatic heterocycles. The summed E-state index contributed by atoms with van der Waals surface area (Å²) >= 11 is 0. The van der Waals surface area contributed by atoms with Gasteiger partial charge in [-0.1, -0.05) is 26.0 Å². The Hall–Kier alpha value is -1.07. The Kier molecular flexibility index (Phi) is 6.49. The molecule has 1 aromatic carbocycles. The van der Waals surface area contributed by atoms with Crippen LogP contribution >= 0.6 is 0 Å². The van der Waals surface area contributed by atoms with E-state index in [1.54, 1.807) is 0 Å². The van der Waals surface area contributed by atoms with Gasteiger partial charge in [0.05, 0.1) is 17.7 Å². The smallest absolute Gasteiger partial charge is 0.377 e. The first kappa shape index (κ1) is 17.0. The maximum Gasteiger partial charge on any atom is 0.416 e. The lowest BCUT2D eigenvalue weighted by molar-refractivity contribution is -0.137. The monoisotopic (exact) mass is 289 g/mol. The largest absolute Gasteiger partial charge is 0.416 e. The van der Waals surface area contributed by atoms with Crippen molar-refractivity contribution in [3.05, 3.63) is 35.4 Å². The summed E-state index contributed by atoms with van der Waals surface area (Å²) in [4.78, 5) is 0. The standard InChI is InChI=1S/C15H22F3NO/c1-4-13(20-6-3)14(19-5-2)11-7-9-12(10-8-11)15(16,17)18/h7-10,13-14,19H,4-6H2,1-3H3. The van der Waals surface area contributed by atoms with Crippen LogP contribution < -0.4 is 5.32 Å². The van der Waals surface area contributed by atoms with E-state index in [2.05, 4.69) is 5.32 Å². The fraction of sp³-hybridized carbons (Fsp3) is 0.600. The van der Waals surface area contributed by atoms with Crippen LogP contribution in [-0.2, 0) is 10.9 Å². The Morgan fingerprint density at radius 3 is 2.10 bits per heavy atom. The number of hydrogen-bond donors (Lipinski definition) is 1. The van der Waals surface area contributed by atoms with Gasteiger partial charge in [-0.3, -0.25) is 0 Å². The van der Waals surface area contributed by atoms with Crippen molar-refractivity contribution in [2.45, 2.75) is 45.5 Å². The molecular weight excluding hydrogens is 267 g/mol. The highest BCUT2D eigenvalue weighted by atomic mass is 19.4. The average Bonchev–Trinajstić information content (AvgIpc) is 2.42. The van der Waals surface area contributed by atoms with Gasteiger partial charge < -0.3 is 10.1 Å². The zero-order valence-corrected chi connectivity index (χ0v) is 12.1. The number of ether oxygens (including phenoxy) is 1. The van der Waals surface area contributed by atoms with Crippen LogP contribution in [0.3, 0.4) is 0 Å². The number of halogens is 3. The summed E-state index contributed by atoms with van der Waals surface area (Å²) in [6.07, 6.45) is -3.54. The molecule has 0 bridgehead atoms. The number of likely N-dealkylation sites (N-methyl/N-ethyl adjacent to an activating group) is 1. The van der Waals surface area contributed by atoms with E-state index in [1.807, 2.05) is 20.8 Å². The predicted octanol–water partition coefficient (Wildman–Crippen LogP) is 4.17. The molecule has 0 amide bonds. The SMILES string of the molecule is CCNC(c1ccc(C(F)(F)F)cc1)C(CC)OCC. The van der Waals surface area contributed by atoms with Crippen molar-refractivity contribution in [3.63, 3.8) is 0 Å². The summed E-state index contributed by atoms with van der Waals surface area (Å²) in [5.41, 5.74) is 0.195. The van der Waals surface area contributed by atoms with Crippen molar-refractivity contribution < 1.29 is 17.9 Å². The van der Waals surface area contributed by atoms with E-state index in [1.165, 1.54) is 12.1 Å². The van der Waals surface area contributed by atoms with Gasteiger partial charge in [0.15, 0.2) is 0 Å². The highest BCUT2D eigenvalue weighted by Gasteiger charge is 2.30. The number of alkyl halides is 3. The molecule has 0 heterocycles. The lowest BCUT2D eigenvalue weighted by atomic mass is 9.98. The van der Waals surface area contributed by atoms with E-state index in [0.29, 0.717) is 6.61 Å². The quantitative estimate of drug-likeness (QED) is 0.813. The molecule has 2 nitrogen and oxygen atoms in total. The van der Waals surface area contributed by atoms with Gasteiger partial charge in [-0.2, -0.15) is 13.2 Å². The Bertz CT molecular complexity index is 389. The van der Waals surface area contributed by atoms with Gasteiger partial charge >= 0.3 is 6.18 Å². The molecule has 0 radical (unpaired) electrons. The number of rotatable bonds is 7. The van der Waals surface area contributed by atoms with Gasteiger partial charge in [-0.25, -0.2) is 0 Å². The molecule has 0 aliphatic carbocycles. The normalized spacial score (nSPS) is 15.1. The Labute approximate surface area is 118 Å².